The highest BCUT2D eigenvalue weighted by Crippen LogP contribution is 2.20. The molecule has 88 valence electrons. The Morgan fingerprint density at radius 2 is 1.82 bits per heavy atom. The van der Waals surface area contributed by atoms with Gasteiger partial charge >= 0.3 is 5.97 Å². The Hall–Kier alpha value is -1.91. The smallest absolute Gasteiger partial charge is 0.336 e. The number of rotatable bonds is 3. The lowest BCUT2D eigenvalue weighted by Crippen LogP contribution is -2.16. The van der Waals surface area contributed by atoms with Crippen molar-refractivity contribution in [3.05, 3.63) is 59.9 Å². The fraction of sp³-hybridized carbons (Fsp3) is 0.154. The summed E-state index contributed by atoms with van der Waals surface area (Å²) >= 11 is 0. The number of benzene rings is 1. The SMILES string of the molecule is O=C1C=CC(=C[C@@H](O)[C@H](O)c2ccccc2)O1. The van der Waals surface area contributed by atoms with Gasteiger partial charge in [0.25, 0.3) is 0 Å². The maximum atomic E-state index is 10.8. The summed E-state index contributed by atoms with van der Waals surface area (Å²) in [7, 11) is 0. The second-order valence-corrected chi connectivity index (χ2v) is 3.67. The first-order valence-electron chi connectivity index (χ1n) is 5.19. The summed E-state index contributed by atoms with van der Waals surface area (Å²) in [6, 6.07) is 8.79. The third-order valence-corrected chi connectivity index (χ3v) is 2.40. The minimum absolute atomic E-state index is 0.248. The van der Waals surface area contributed by atoms with Crippen molar-refractivity contribution in [2.75, 3.05) is 0 Å². The zero-order valence-electron chi connectivity index (χ0n) is 8.98. The van der Waals surface area contributed by atoms with Crippen LogP contribution in [0.3, 0.4) is 0 Å². The molecule has 0 amide bonds. The first kappa shape index (κ1) is 11.6. The highest BCUT2D eigenvalue weighted by atomic mass is 16.5. The maximum Gasteiger partial charge on any atom is 0.336 e. The quantitative estimate of drug-likeness (QED) is 0.765. The fourth-order valence-electron chi connectivity index (χ4n) is 1.53. The molecule has 2 atom stereocenters. The molecule has 4 heteroatoms. The van der Waals surface area contributed by atoms with Crippen molar-refractivity contribution >= 4 is 5.97 Å². The van der Waals surface area contributed by atoms with Crippen molar-refractivity contribution in [1.29, 1.82) is 0 Å². The molecule has 1 aliphatic rings. The fourth-order valence-corrected chi connectivity index (χ4v) is 1.53. The average molecular weight is 232 g/mol. The van der Waals surface area contributed by atoms with Gasteiger partial charge in [-0.25, -0.2) is 4.79 Å². The van der Waals surface area contributed by atoms with E-state index >= 15 is 0 Å². The molecule has 0 saturated heterocycles. The summed E-state index contributed by atoms with van der Waals surface area (Å²) in [5.41, 5.74) is 0.602. The molecule has 2 rings (SSSR count). The van der Waals surface area contributed by atoms with E-state index in [1.807, 2.05) is 6.07 Å². The van der Waals surface area contributed by atoms with E-state index in [1.165, 1.54) is 18.2 Å². The summed E-state index contributed by atoms with van der Waals surface area (Å²) < 4.78 is 4.76. The van der Waals surface area contributed by atoms with Crippen LogP contribution in [-0.4, -0.2) is 22.3 Å². The van der Waals surface area contributed by atoms with Crippen LogP contribution >= 0.6 is 0 Å². The summed E-state index contributed by atoms with van der Waals surface area (Å²) in [5, 5.41) is 19.6. The summed E-state index contributed by atoms with van der Waals surface area (Å²) in [6.07, 6.45) is 1.84. The second kappa shape index (κ2) is 4.95. The lowest BCUT2D eigenvalue weighted by atomic mass is 10.0. The number of esters is 1. The molecule has 0 bridgehead atoms. The van der Waals surface area contributed by atoms with Crippen molar-refractivity contribution in [3.8, 4) is 0 Å². The molecular weight excluding hydrogens is 220 g/mol. The molecule has 0 saturated carbocycles. The standard InChI is InChI=1S/C13H12O4/c14-11(8-10-6-7-12(15)17-10)13(16)9-4-2-1-3-5-9/h1-8,11,13-14,16H/t11-,13-/m1/s1. The van der Waals surface area contributed by atoms with Gasteiger partial charge in [0.15, 0.2) is 0 Å². The molecule has 0 fully saturated rings. The third kappa shape index (κ3) is 2.81. The Morgan fingerprint density at radius 3 is 2.41 bits per heavy atom. The Morgan fingerprint density at radius 1 is 1.12 bits per heavy atom. The zero-order chi connectivity index (χ0) is 12.3. The first-order chi connectivity index (χ1) is 8.16. The van der Waals surface area contributed by atoms with Crippen LogP contribution in [0.15, 0.2) is 54.3 Å². The lowest BCUT2D eigenvalue weighted by Gasteiger charge is -2.15. The topological polar surface area (TPSA) is 66.8 Å². The largest absolute Gasteiger partial charge is 0.424 e. The van der Waals surface area contributed by atoms with Gasteiger partial charge in [0.2, 0.25) is 0 Å². The lowest BCUT2D eigenvalue weighted by molar-refractivity contribution is -0.132. The molecular formula is C13H12O4. The maximum absolute atomic E-state index is 10.8. The summed E-state index contributed by atoms with van der Waals surface area (Å²) in [4.78, 5) is 10.8. The second-order valence-electron chi connectivity index (χ2n) is 3.67. The van der Waals surface area contributed by atoms with Gasteiger partial charge in [-0.05, 0) is 17.7 Å². The van der Waals surface area contributed by atoms with Crippen molar-refractivity contribution in [1.82, 2.24) is 0 Å². The van der Waals surface area contributed by atoms with E-state index in [-0.39, 0.29) is 5.76 Å². The van der Waals surface area contributed by atoms with Crippen LogP contribution in [0.4, 0.5) is 0 Å². The summed E-state index contributed by atoms with van der Waals surface area (Å²) in [5.74, 6) is -0.227. The van der Waals surface area contributed by atoms with E-state index in [1.54, 1.807) is 24.3 Å². The van der Waals surface area contributed by atoms with Crippen molar-refractivity contribution in [3.63, 3.8) is 0 Å². The number of ether oxygens (including phenoxy) is 1. The molecule has 4 nitrogen and oxygen atoms in total. The molecule has 1 aromatic rings. The van der Waals surface area contributed by atoms with Gasteiger partial charge in [-0.1, -0.05) is 30.3 Å². The molecule has 0 radical (unpaired) electrons. The average Bonchev–Trinajstić information content (AvgIpc) is 2.75. The van der Waals surface area contributed by atoms with Crippen LogP contribution in [-0.2, 0) is 9.53 Å². The molecule has 2 N–H and O–H groups in total. The van der Waals surface area contributed by atoms with E-state index in [2.05, 4.69) is 0 Å². The predicted octanol–water partition coefficient (Wildman–Crippen LogP) is 1.08. The van der Waals surface area contributed by atoms with Gasteiger partial charge < -0.3 is 14.9 Å². The number of cyclic esters (lactones) is 1. The van der Waals surface area contributed by atoms with Gasteiger partial charge in [0.1, 0.15) is 18.0 Å². The van der Waals surface area contributed by atoms with Crippen molar-refractivity contribution < 1.29 is 19.7 Å². The van der Waals surface area contributed by atoms with Crippen LogP contribution in [0, 0.1) is 0 Å². The molecule has 1 heterocycles. The normalized spacial score (nSPS) is 20.4. The Kier molecular flexibility index (Phi) is 3.37. The van der Waals surface area contributed by atoms with Gasteiger partial charge in [-0.15, -0.1) is 0 Å². The van der Waals surface area contributed by atoms with Gasteiger partial charge in [-0.2, -0.15) is 0 Å². The first-order valence-corrected chi connectivity index (χ1v) is 5.19. The van der Waals surface area contributed by atoms with Gasteiger partial charge in [-0.3, -0.25) is 0 Å². The molecule has 0 spiro atoms. The number of carbonyl (C=O) groups is 1. The predicted molar refractivity (Wildman–Crippen MR) is 60.7 cm³/mol. The third-order valence-electron chi connectivity index (χ3n) is 2.40. The Balaban J connectivity index is 2.08. The van der Waals surface area contributed by atoms with Crippen LogP contribution in [0.25, 0.3) is 0 Å². The number of allylic oxidation sites excluding steroid dienone is 1. The monoisotopic (exact) mass is 232 g/mol. The molecule has 0 aliphatic carbocycles. The van der Waals surface area contributed by atoms with E-state index in [9.17, 15) is 15.0 Å². The van der Waals surface area contributed by atoms with Crippen molar-refractivity contribution in [2.45, 2.75) is 12.2 Å². The zero-order valence-corrected chi connectivity index (χ0v) is 8.98. The van der Waals surface area contributed by atoms with Crippen LogP contribution in [0.2, 0.25) is 0 Å². The van der Waals surface area contributed by atoms with Gasteiger partial charge in [0, 0.05) is 6.08 Å². The molecule has 0 unspecified atom stereocenters. The molecule has 0 aromatic heterocycles. The summed E-state index contributed by atoms with van der Waals surface area (Å²) in [6.45, 7) is 0. The number of hydrogen-bond donors (Lipinski definition) is 2. The Labute approximate surface area is 98.5 Å². The van der Waals surface area contributed by atoms with Gasteiger partial charge in [0.05, 0.1) is 0 Å². The van der Waals surface area contributed by atoms with Crippen LogP contribution in [0.5, 0.6) is 0 Å². The number of carbonyl (C=O) groups excluding carboxylic acids is 1. The minimum Gasteiger partial charge on any atom is -0.424 e. The van der Waals surface area contributed by atoms with E-state index in [0.717, 1.165) is 0 Å². The minimum atomic E-state index is -1.12. The number of hydrogen-bond acceptors (Lipinski definition) is 4. The highest BCUT2D eigenvalue weighted by Gasteiger charge is 2.18. The van der Waals surface area contributed by atoms with Crippen LogP contribution in [0.1, 0.15) is 11.7 Å². The van der Waals surface area contributed by atoms with Crippen LogP contribution < -0.4 is 0 Å². The van der Waals surface area contributed by atoms with E-state index < -0.39 is 18.2 Å². The van der Waals surface area contributed by atoms with E-state index in [4.69, 9.17) is 4.74 Å². The molecule has 1 aromatic carbocycles. The highest BCUT2D eigenvalue weighted by molar-refractivity contribution is 5.86. The van der Waals surface area contributed by atoms with Crippen molar-refractivity contribution in [2.24, 2.45) is 0 Å². The molecule has 1 aliphatic heterocycles. The molecule has 17 heavy (non-hydrogen) atoms. The van der Waals surface area contributed by atoms with E-state index in [0.29, 0.717) is 5.56 Å². The number of aliphatic hydroxyl groups excluding tert-OH is 2. The number of aliphatic hydroxyl groups is 2. The Bertz CT molecular complexity index is 462.